The van der Waals surface area contributed by atoms with Gasteiger partial charge in [0.2, 0.25) is 0 Å². The lowest BCUT2D eigenvalue weighted by Gasteiger charge is -2.12. The summed E-state index contributed by atoms with van der Waals surface area (Å²) in [6.07, 6.45) is -4.40. The minimum absolute atomic E-state index is 0.164. The summed E-state index contributed by atoms with van der Waals surface area (Å²) in [5, 5.41) is 4.93. The van der Waals surface area contributed by atoms with E-state index in [1.165, 1.54) is 12.1 Å². The van der Waals surface area contributed by atoms with Crippen LogP contribution in [0.2, 0.25) is 0 Å². The molecule has 0 fully saturated rings. The topological polar surface area (TPSA) is 67.2 Å². The monoisotopic (exact) mass is 305 g/mol. The van der Waals surface area contributed by atoms with Crippen molar-refractivity contribution in [2.75, 3.05) is 11.9 Å². The summed E-state index contributed by atoms with van der Waals surface area (Å²) in [5.41, 5.74) is 4.88. The van der Waals surface area contributed by atoms with Gasteiger partial charge in [-0.2, -0.15) is 13.2 Å². The zero-order valence-corrected chi connectivity index (χ0v) is 11.4. The number of hydrogen-bond acceptors (Lipinski definition) is 2. The van der Waals surface area contributed by atoms with Gasteiger partial charge in [-0.3, -0.25) is 0 Å². The molecule has 1 rings (SSSR count). The molecule has 4 nitrogen and oxygen atoms in total. The van der Waals surface area contributed by atoms with E-state index >= 15 is 0 Å². The van der Waals surface area contributed by atoms with Gasteiger partial charge >= 0.3 is 12.2 Å². The molecule has 0 aromatic heterocycles. The molecule has 0 radical (unpaired) electrons. The van der Waals surface area contributed by atoms with Crippen molar-refractivity contribution in [2.45, 2.75) is 13.1 Å². The molecule has 0 aliphatic rings. The number of rotatable bonds is 4. The van der Waals surface area contributed by atoms with Gasteiger partial charge in [0, 0.05) is 18.2 Å². The lowest BCUT2D eigenvalue weighted by atomic mass is 10.2. The van der Waals surface area contributed by atoms with Gasteiger partial charge in [-0.1, -0.05) is 19.1 Å². The Morgan fingerprint density at radius 2 is 1.90 bits per heavy atom. The van der Waals surface area contributed by atoms with E-state index in [2.05, 4.69) is 10.6 Å². The van der Waals surface area contributed by atoms with Crippen LogP contribution < -0.4 is 16.4 Å². The molecule has 1 atom stereocenters. The molecule has 1 aromatic rings. The van der Waals surface area contributed by atoms with Crippen molar-refractivity contribution in [3.8, 4) is 0 Å². The SMILES string of the molecule is CC(CNC(=O)Nc1ccc(C(F)(F)F)cc1)C(N)=S. The number of carbonyl (C=O) groups is 1. The number of halogens is 3. The average Bonchev–Trinajstić information content (AvgIpc) is 2.35. The third-order valence-corrected chi connectivity index (χ3v) is 2.93. The molecule has 0 aliphatic heterocycles. The second-order valence-electron chi connectivity index (χ2n) is 4.21. The predicted molar refractivity (Wildman–Crippen MR) is 74.4 cm³/mol. The smallest absolute Gasteiger partial charge is 0.393 e. The summed E-state index contributed by atoms with van der Waals surface area (Å²) in [4.78, 5) is 11.8. The van der Waals surface area contributed by atoms with Crippen molar-refractivity contribution in [3.05, 3.63) is 29.8 Å². The Morgan fingerprint density at radius 1 is 1.35 bits per heavy atom. The number of carbonyl (C=O) groups excluding carboxylic acids is 1. The molecule has 0 saturated carbocycles. The minimum atomic E-state index is -4.40. The second-order valence-corrected chi connectivity index (χ2v) is 4.68. The number of amides is 2. The minimum Gasteiger partial charge on any atom is -0.393 e. The van der Waals surface area contributed by atoms with E-state index < -0.39 is 17.8 Å². The van der Waals surface area contributed by atoms with Crippen LogP contribution in [0.3, 0.4) is 0 Å². The highest BCUT2D eigenvalue weighted by Gasteiger charge is 2.29. The Morgan fingerprint density at radius 3 is 2.35 bits per heavy atom. The quantitative estimate of drug-likeness (QED) is 0.749. The number of hydrogen-bond donors (Lipinski definition) is 3. The van der Waals surface area contributed by atoms with Gasteiger partial charge in [-0.25, -0.2) is 4.79 Å². The summed E-state index contributed by atoms with van der Waals surface area (Å²) < 4.78 is 37.0. The van der Waals surface area contributed by atoms with Crippen LogP contribution in [0.5, 0.6) is 0 Å². The molecule has 0 aliphatic carbocycles. The molecule has 20 heavy (non-hydrogen) atoms. The van der Waals surface area contributed by atoms with E-state index in [-0.39, 0.29) is 23.1 Å². The summed E-state index contributed by atoms with van der Waals surface area (Å²) in [5.74, 6) is -0.164. The number of anilines is 1. The molecule has 0 heterocycles. The number of thiocarbonyl (C=S) groups is 1. The third-order valence-electron chi connectivity index (χ3n) is 2.52. The second kappa shape index (κ2) is 6.56. The van der Waals surface area contributed by atoms with E-state index in [1.807, 2.05) is 0 Å². The standard InChI is InChI=1S/C12H14F3N3OS/c1-7(10(16)20)6-17-11(19)18-9-4-2-8(3-5-9)12(13,14)15/h2-5,7H,6H2,1H3,(H2,16,20)(H2,17,18,19). The number of nitrogens with two attached hydrogens (primary N) is 1. The van der Waals surface area contributed by atoms with Crippen LogP contribution in [-0.2, 0) is 6.18 Å². The number of benzene rings is 1. The summed E-state index contributed by atoms with van der Waals surface area (Å²) in [6, 6.07) is 3.62. The lowest BCUT2D eigenvalue weighted by molar-refractivity contribution is -0.137. The molecule has 0 saturated heterocycles. The van der Waals surface area contributed by atoms with Crippen LogP contribution in [-0.4, -0.2) is 17.6 Å². The van der Waals surface area contributed by atoms with Gasteiger partial charge in [-0.15, -0.1) is 0 Å². The molecule has 2 amide bonds. The Kier molecular flexibility index (Phi) is 5.32. The normalized spacial score (nSPS) is 12.6. The fraction of sp³-hybridized carbons (Fsp3) is 0.333. The fourth-order valence-electron chi connectivity index (χ4n) is 1.26. The van der Waals surface area contributed by atoms with E-state index in [0.717, 1.165) is 12.1 Å². The van der Waals surface area contributed by atoms with Crippen LogP contribution in [0.15, 0.2) is 24.3 Å². The zero-order chi connectivity index (χ0) is 15.3. The Balaban J connectivity index is 2.53. The van der Waals surface area contributed by atoms with Crippen LogP contribution in [0.1, 0.15) is 12.5 Å². The van der Waals surface area contributed by atoms with Crippen molar-refractivity contribution < 1.29 is 18.0 Å². The molecule has 1 unspecified atom stereocenters. The first-order chi connectivity index (χ1) is 9.20. The van der Waals surface area contributed by atoms with Gasteiger partial charge < -0.3 is 16.4 Å². The number of nitrogens with one attached hydrogen (secondary N) is 2. The largest absolute Gasteiger partial charge is 0.416 e. The Bertz CT molecular complexity index is 488. The van der Waals surface area contributed by atoms with E-state index in [4.69, 9.17) is 18.0 Å². The van der Waals surface area contributed by atoms with Gasteiger partial charge in [0.05, 0.1) is 10.6 Å². The zero-order valence-electron chi connectivity index (χ0n) is 10.6. The average molecular weight is 305 g/mol. The van der Waals surface area contributed by atoms with E-state index in [9.17, 15) is 18.0 Å². The fourth-order valence-corrected chi connectivity index (χ4v) is 1.35. The van der Waals surface area contributed by atoms with Crippen LogP contribution >= 0.6 is 12.2 Å². The first-order valence-corrected chi connectivity index (χ1v) is 6.12. The molecule has 1 aromatic carbocycles. The Labute approximate surface area is 119 Å². The molecule has 8 heteroatoms. The molecule has 4 N–H and O–H groups in total. The van der Waals surface area contributed by atoms with Crippen molar-refractivity contribution in [1.29, 1.82) is 0 Å². The summed E-state index contributed by atoms with van der Waals surface area (Å²) >= 11 is 4.75. The lowest BCUT2D eigenvalue weighted by Crippen LogP contribution is -2.36. The highest BCUT2D eigenvalue weighted by Crippen LogP contribution is 2.29. The van der Waals surface area contributed by atoms with Crippen LogP contribution in [0.25, 0.3) is 0 Å². The Hall–Kier alpha value is -1.83. The van der Waals surface area contributed by atoms with Crippen molar-refractivity contribution >= 4 is 28.9 Å². The molecule has 110 valence electrons. The first-order valence-electron chi connectivity index (χ1n) is 5.71. The maximum atomic E-state index is 12.3. The van der Waals surface area contributed by atoms with Gasteiger partial charge in [0.25, 0.3) is 0 Å². The van der Waals surface area contributed by atoms with Crippen molar-refractivity contribution in [3.63, 3.8) is 0 Å². The van der Waals surface area contributed by atoms with E-state index in [0.29, 0.717) is 0 Å². The molecule has 0 bridgehead atoms. The summed E-state index contributed by atoms with van der Waals surface area (Å²) in [6.45, 7) is 2.00. The summed E-state index contributed by atoms with van der Waals surface area (Å²) in [7, 11) is 0. The van der Waals surface area contributed by atoms with Crippen molar-refractivity contribution in [2.24, 2.45) is 11.7 Å². The molecular formula is C12H14F3N3OS. The van der Waals surface area contributed by atoms with Crippen LogP contribution in [0, 0.1) is 5.92 Å². The number of alkyl halides is 3. The maximum Gasteiger partial charge on any atom is 0.416 e. The van der Waals surface area contributed by atoms with Crippen LogP contribution in [0.4, 0.5) is 23.7 Å². The van der Waals surface area contributed by atoms with Crippen molar-refractivity contribution in [1.82, 2.24) is 5.32 Å². The highest BCUT2D eigenvalue weighted by atomic mass is 32.1. The highest BCUT2D eigenvalue weighted by molar-refractivity contribution is 7.80. The number of urea groups is 1. The maximum absolute atomic E-state index is 12.3. The molecular weight excluding hydrogens is 291 g/mol. The van der Waals surface area contributed by atoms with E-state index in [1.54, 1.807) is 6.92 Å². The first kappa shape index (κ1) is 16.2. The van der Waals surface area contributed by atoms with Gasteiger partial charge in [0.15, 0.2) is 0 Å². The molecule has 0 spiro atoms. The van der Waals surface area contributed by atoms with Gasteiger partial charge in [0.1, 0.15) is 0 Å². The predicted octanol–water partition coefficient (Wildman–Crippen LogP) is 2.75. The van der Waals surface area contributed by atoms with Gasteiger partial charge in [-0.05, 0) is 24.3 Å². The third kappa shape index (κ3) is 5.04.